The molecule has 0 saturated heterocycles. The summed E-state index contributed by atoms with van der Waals surface area (Å²) >= 11 is 0. The van der Waals surface area contributed by atoms with Crippen molar-refractivity contribution in [2.24, 2.45) is 0 Å². The van der Waals surface area contributed by atoms with Gasteiger partial charge in [0.15, 0.2) is 0 Å². The summed E-state index contributed by atoms with van der Waals surface area (Å²) in [6, 6.07) is 0.736. The predicted molar refractivity (Wildman–Crippen MR) is 67.9 cm³/mol. The first-order valence-electron chi connectivity index (χ1n) is 6.44. The van der Waals surface area contributed by atoms with Gasteiger partial charge in [0, 0.05) is 6.42 Å². The maximum atomic E-state index is 13.5. The molecule has 0 aliphatic heterocycles. The molecule has 0 spiro atoms. The van der Waals surface area contributed by atoms with Gasteiger partial charge in [-0.15, -0.1) is 10.2 Å². The van der Waals surface area contributed by atoms with E-state index >= 15 is 0 Å². The molecular weight excluding hydrogens is 338 g/mol. The minimum absolute atomic E-state index is 0.0556. The van der Waals surface area contributed by atoms with Crippen molar-refractivity contribution in [3.63, 3.8) is 0 Å². The maximum absolute atomic E-state index is 13.5. The average Bonchev–Trinajstić information content (AvgIpc) is 3.05. The van der Waals surface area contributed by atoms with Crippen LogP contribution in [0.25, 0.3) is 0 Å². The highest BCUT2D eigenvalue weighted by Gasteiger charge is 2.32. The summed E-state index contributed by atoms with van der Waals surface area (Å²) < 4.78 is 52.6. The van der Waals surface area contributed by atoms with Gasteiger partial charge in [-0.3, -0.25) is 14.8 Å². The molecule has 0 aromatic carbocycles. The molecule has 2 rings (SSSR count). The van der Waals surface area contributed by atoms with E-state index in [0.717, 1.165) is 17.1 Å². The summed E-state index contributed by atoms with van der Waals surface area (Å²) in [5, 5.41) is 29.4. The van der Waals surface area contributed by atoms with E-state index in [0.29, 0.717) is 4.68 Å². The summed E-state index contributed by atoms with van der Waals surface area (Å²) in [5.41, 5.74) is -1.02. The first-order chi connectivity index (χ1) is 11.2. The van der Waals surface area contributed by atoms with Crippen molar-refractivity contribution in [3.8, 4) is 6.07 Å². The molecule has 0 amide bonds. The molecule has 2 aromatic rings. The largest absolute Gasteiger partial charge is 0.408 e. The van der Waals surface area contributed by atoms with Crippen LogP contribution in [0.15, 0.2) is 12.4 Å². The molecule has 1 unspecified atom stereocenters. The molecule has 0 aliphatic carbocycles. The van der Waals surface area contributed by atoms with E-state index in [9.17, 15) is 27.7 Å². The van der Waals surface area contributed by atoms with Gasteiger partial charge in [-0.2, -0.15) is 22.8 Å². The van der Waals surface area contributed by atoms with Crippen molar-refractivity contribution in [3.05, 3.63) is 34.1 Å². The number of rotatable bonds is 6. The van der Waals surface area contributed by atoms with Crippen molar-refractivity contribution >= 4 is 5.69 Å². The topological polar surface area (TPSA) is 115 Å². The fourth-order valence-corrected chi connectivity index (χ4v) is 2.08. The molecule has 0 bridgehead atoms. The van der Waals surface area contributed by atoms with E-state index in [1.165, 1.54) is 0 Å². The number of hydrogen-bond donors (Lipinski definition) is 0. The standard InChI is InChI=1S/C11H9F4N7O2/c12-10-9(22(23)24)5-20(18-10)7(2-1-3-16)8-4-17-19-21(8)6-11(13,14)15/h4-5,7H,1-2,6H2. The second-order valence-corrected chi connectivity index (χ2v) is 4.69. The van der Waals surface area contributed by atoms with Crippen LogP contribution in [-0.2, 0) is 6.54 Å². The Morgan fingerprint density at radius 1 is 1.46 bits per heavy atom. The molecule has 9 nitrogen and oxygen atoms in total. The Hall–Kier alpha value is -3.04. The normalized spacial score (nSPS) is 12.8. The lowest BCUT2D eigenvalue weighted by Crippen LogP contribution is -2.24. The highest BCUT2D eigenvalue weighted by atomic mass is 19.4. The van der Waals surface area contributed by atoms with Crippen molar-refractivity contribution < 1.29 is 22.5 Å². The van der Waals surface area contributed by atoms with Crippen molar-refractivity contribution in [1.82, 2.24) is 24.8 Å². The zero-order chi connectivity index (χ0) is 17.9. The van der Waals surface area contributed by atoms with E-state index < -0.39 is 35.3 Å². The molecule has 0 radical (unpaired) electrons. The molecule has 24 heavy (non-hydrogen) atoms. The van der Waals surface area contributed by atoms with Crippen LogP contribution in [0.4, 0.5) is 23.2 Å². The van der Waals surface area contributed by atoms with Gasteiger partial charge >= 0.3 is 17.8 Å². The Morgan fingerprint density at radius 3 is 2.71 bits per heavy atom. The fourth-order valence-electron chi connectivity index (χ4n) is 2.08. The maximum Gasteiger partial charge on any atom is 0.408 e. The number of nitriles is 1. The summed E-state index contributed by atoms with van der Waals surface area (Å²) in [6.45, 7) is -1.45. The van der Waals surface area contributed by atoms with E-state index in [-0.39, 0.29) is 18.5 Å². The average molecular weight is 347 g/mol. The lowest BCUT2D eigenvalue weighted by Gasteiger charge is -2.17. The summed E-state index contributed by atoms with van der Waals surface area (Å²) in [4.78, 5) is 9.69. The SMILES string of the molecule is N#CCCC(c1cnnn1CC(F)(F)F)n1cc([N+](=O)[O-])c(F)n1. The lowest BCUT2D eigenvalue weighted by atomic mass is 10.1. The lowest BCUT2D eigenvalue weighted by molar-refractivity contribution is -0.387. The van der Waals surface area contributed by atoms with Gasteiger partial charge in [-0.05, 0) is 6.42 Å². The Balaban J connectivity index is 2.43. The van der Waals surface area contributed by atoms with Gasteiger partial charge in [-0.25, -0.2) is 4.68 Å². The Bertz CT molecular complexity index is 776. The highest BCUT2D eigenvalue weighted by Crippen LogP contribution is 2.27. The summed E-state index contributed by atoms with van der Waals surface area (Å²) in [6.07, 6.45) is -2.97. The molecule has 2 heterocycles. The van der Waals surface area contributed by atoms with Gasteiger partial charge in [0.25, 0.3) is 0 Å². The van der Waals surface area contributed by atoms with Gasteiger partial charge < -0.3 is 0 Å². The minimum Gasteiger partial charge on any atom is -0.258 e. The van der Waals surface area contributed by atoms with Crippen LogP contribution >= 0.6 is 0 Å². The van der Waals surface area contributed by atoms with E-state index in [1.807, 2.05) is 0 Å². The van der Waals surface area contributed by atoms with Crippen molar-refractivity contribution in [2.45, 2.75) is 31.6 Å². The van der Waals surface area contributed by atoms with Crippen LogP contribution in [0, 0.1) is 27.4 Å². The minimum atomic E-state index is -4.58. The number of nitro groups is 1. The third kappa shape index (κ3) is 3.83. The molecule has 0 fully saturated rings. The first kappa shape index (κ1) is 17.3. The highest BCUT2D eigenvalue weighted by molar-refractivity contribution is 5.24. The Labute approximate surface area is 131 Å². The van der Waals surface area contributed by atoms with Crippen LogP contribution in [0.2, 0.25) is 0 Å². The van der Waals surface area contributed by atoms with E-state index in [1.54, 1.807) is 6.07 Å². The van der Waals surface area contributed by atoms with Crippen LogP contribution < -0.4 is 0 Å². The molecule has 128 valence electrons. The zero-order valence-electron chi connectivity index (χ0n) is 11.8. The smallest absolute Gasteiger partial charge is 0.258 e. The number of halogens is 4. The third-order valence-corrected chi connectivity index (χ3v) is 3.03. The van der Waals surface area contributed by atoms with Gasteiger partial charge in [-0.1, -0.05) is 5.21 Å². The van der Waals surface area contributed by atoms with Gasteiger partial charge in [0.2, 0.25) is 0 Å². The molecule has 0 N–H and O–H groups in total. The van der Waals surface area contributed by atoms with E-state index in [2.05, 4.69) is 15.4 Å². The second-order valence-electron chi connectivity index (χ2n) is 4.69. The second kappa shape index (κ2) is 6.60. The molecule has 2 aromatic heterocycles. The summed E-state index contributed by atoms with van der Waals surface area (Å²) in [5.74, 6) is -1.38. The van der Waals surface area contributed by atoms with Crippen LogP contribution in [0.1, 0.15) is 24.6 Å². The Morgan fingerprint density at radius 2 is 2.17 bits per heavy atom. The number of alkyl halides is 3. The van der Waals surface area contributed by atoms with Crippen molar-refractivity contribution in [1.29, 1.82) is 5.26 Å². The molecular formula is C11H9F4N7O2. The van der Waals surface area contributed by atoms with Crippen LogP contribution in [-0.4, -0.2) is 35.9 Å². The Kier molecular flexibility index (Phi) is 4.77. The predicted octanol–water partition coefficient (Wildman–Crippen LogP) is 1.98. The third-order valence-electron chi connectivity index (χ3n) is 3.03. The van der Waals surface area contributed by atoms with E-state index in [4.69, 9.17) is 5.26 Å². The first-order valence-corrected chi connectivity index (χ1v) is 6.44. The number of aromatic nitrogens is 5. The van der Waals surface area contributed by atoms with Crippen LogP contribution in [0.3, 0.4) is 0 Å². The molecule has 0 saturated carbocycles. The molecule has 13 heteroatoms. The number of nitrogens with zero attached hydrogens (tertiary/aromatic N) is 7. The fraction of sp³-hybridized carbons (Fsp3) is 0.455. The monoisotopic (exact) mass is 347 g/mol. The molecule has 1 atom stereocenters. The number of hydrogen-bond acceptors (Lipinski definition) is 6. The van der Waals surface area contributed by atoms with Crippen molar-refractivity contribution in [2.75, 3.05) is 0 Å². The zero-order valence-corrected chi connectivity index (χ0v) is 11.8. The quantitative estimate of drug-likeness (QED) is 0.448. The molecule has 0 aliphatic rings. The summed E-state index contributed by atoms with van der Waals surface area (Å²) in [7, 11) is 0. The van der Waals surface area contributed by atoms with Crippen LogP contribution in [0.5, 0.6) is 0 Å². The van der Waals surface area contributed by atoms with Gasteiger partial charge in [0.1, 0.15) is 12.7 Å². The van der Waals surface area contributed by atoms with Gasteiger partial charge in [0.05, 0.1) is 28.9 Å².